The van der Waals surface area contributed by atoms with Crippen LogP contribution < -0.4 is 0 Å². The van der Waals surface area contributed by atoms with E-state index in [9.17, 15) is 9.90 Å². The van der Waals surface area contributed by atoms with E-state index in [1.807, 2.05) is 91.0 Å². The number of aliphatic hydroxyl groups is 1. The molecular formula is C27H30O5. The molecule has 0 saturated heterocycles. The minimum atomic E-state index is -0.653. The molecule has 0 spiro atoms. The summed E-state index contributed by atoms with van der Waals surface area (Å²) in [6, 6.07) is 29.3. The molecule has 0 aliphatic rings. The number of benzene rings is 3. The molecule has 0 aliphatic heterocycles. The van der Waals surface area contributed by atoms with Crippen molar-refractivity contribution in [1.29, 1.82) is 0 Å². The van der Waals surface area contributed by atoms with Gasteiger partial charge in [0.1, 0.15) is 18.5 Å². The topological polar surface area (TPSA) is 65.0 Å². The van der Waals surface area contributed by atoms with Gasteiger partial charge in [0.2, 0.25) is 0 Å². The molecule has 0 aliphatic carbocycles. The normalized spacial score (nSPS) is 13.9. The molecule has 0 aromatic heterocycles. The summed E-state index contributed by atoms with van der Waals surface area (Å²) in [5, 5.41) is 10.1. The van der Waals surface area contributed by atoms with Crippen molar-refractivity contribution in [3.8, 4) is 0 Å². The van der Waals surface area contributed by atoms with Crippen molar-refractivity contribution < 1.29 is 24.1 Å². The van der Waals surface area contributed by atoms with Crippen molar-refractivity contribution in [3.05, 3.63) is 108 Å². The second kappa shape index (κ2) is 13.6. The van der Waals surface area contributed by atoms with Gasteiger partial charge >= 0.3 is 0 Å². The quantitative estimate of drug-likeness (QED) is 0.383. The summed E-state index contributed by atoms with van der Waals surface area (Å²) in [7, 11) is 0. The first-order valence-electron chi connectivity index (χ1n) is 10.8. The Hall–Kier alpha value is -2.83. The molecule has 3 aromatic carbocycles. The molecule has 3 atom stereocenters. The van der Waals surface area contributed by atoms with Gasteiger partial charge in [-0.05, 0) is 16.7 Å². The molecule has 5 nitrogen and oxygen atoms in total. The van der Waals surface area contributed by atoms with E-state index in [0.29, 0.717) is 19.8 Å². The Bertz CT molecular complexity index is 886. The van der Waals surface area contributed by atoms with Crippen LogP contribution in [0.4, 0.5) is 0 Å². The van der Waals surface area contributed by atoms with Crippen LogP contribution in [0.25, 0.3) is 0 Å². The summed E-state index contributed by atoms with van der Waals surface area (Å²) in [6.45, 7) is 0.724. The van der Waals surface area contributed by atoms with Crippen molar-refractivity contribution in [2.75, 3.05) is 6.61 Å². The Morgan fingerprint density at radius 1 is 0.625 bits per heavy atom. The monoisotopic (exact) mass is 434 g/mol. The average Bonchev–Trinajstić information content (AvgIpc) is 2.86. The summed E-state index contributed by atoms with van der Waals surface area (Å²) >= 11 is 0. The van der Waals surface area contributed by atoms with Crippen LogP contribution in [0, 0.1) is 0 Å². The average molecular weight is 435 g/mol. The third-order valence-electron chi connectivity index (χ3n) is 5.14. The lowest BCUT2D eigenvalue weighted by molar-refractivity contribution is -0.163. The van der Waals surface area contributed by atoms with Crippen LogP contribution >= 0.6 is 0 Å². The summed E-state index contributed by atoms with van der Waals surface area (Å²) in [5.74, 6) is 0. The van der Waals surface area contributed by atoms with Gasteiger partial charge < -0.3 is 24.1 Å². The standard InChI is InChI=1S/C27H30O5/c28-17-16-25(30-19-22-10-4-1-5-11-22)27(32-21-24-14-8-3-9-15-24)26(18-29)31-20-23-12-6-2-7-13-23/h1-15,17,25-27,29H,16,18-21H2/t25-,26+,27+/m0/s1. The summed E-state index contributed by atoms with van der Waals surface area (Å²) in [5.41, 5.74) is 2.98. The largest absolute Gasteiger partial charge is 0.394 e. The van der Waals surface area contributed by atoms with Crippen LogP contribution in [0.15, 0.2) is 91.0 Å². The van der Waals surface area contributed by atoms with Gasteiger partial charge in [0.05, 0.1) is 32.5 Å². The van der Waals surface area contributed by atoms with E-state index >= 15 is 0 Å². The fourth-order valence-electron chi connectivity index (χ4n) is 3.42. The Kier molecular flexibility index (Phi) is 10.1. The number of carbonyl (C=O) groups is 1. The minimum Gasteiger partial charge on any atom is -0.394 e. The van der Waals surface area contributed by atoms with Crippen LogP contribution in [-0.2, 0) is 38.8 Å². The zero-order valence-corrected chi connectivity index (χ0v) is 18.1. The van der Waals surface area contributed by atoms with E-state index in [1.165, 1.54) is 0 Å². The highest BCUT2D eigenvalue weighted by Gasteiger charge is 2.32. The van der Waals surface area contributed by atoms with E-state index in [2.05, 4.69) is 0 Å². The Morgan fingerprint density at radius 2 is 1.03 bits per heavy atom. The maximum absolute atomic E-state index is 11.5. The molecule has 0 radical (unpaired) electrons. The van der Waals surface area contributed by atoms with Crippen molar-refractivity contribution >= 4 is 6.29 Å². The number of ether oxygens (including phenoxy) is 3. The smallest absolute Gasteiger partial charge is 0.122 e. The van der Waals surface area contributed by atoms with Gasteiger partial charge in [-0.3, -0.25) is 0 Å². The molecule has 0 amide bonds. The number of aliphatic hydroxyl groups excluding tert-OH is 1. The highest BCUT2D eigenvalue weighted by Crippen LogP contribution is 2.20. The predicted octanol–water partition coefficient (Wildman–Crippen LogP) is 4.32. The van der Waals surface area contributed by atoms with Gasteiger partial charge in [0.15, 0.2) is 0 Å². The Morgan fingerprint density at radius 3 is 1.44 bits per heavy atom. The van der Waals surface area contributed by atoms with Gasteiger partial charge in [-0.15, -0.1) is 0 Å². The first-order chi connectivity index (χ1) is 15.8. The molecule has 0 bridgehead atoms. The van der Waals surface area contributed by atoms with E-state index in [0.717, 1.165) is 23.0 Å². The highest BCUT2D eigenvalue weighted by molar-refractivity contribution is 5.50. The maximum Gasteiger partial charge on any atom is 0.122 e. The Balaban J connectivity index is 1.74. The predicted molar refractivity (Wildman–Crippen MR) is 123 cm³/mol. The Labute approximate surface area is 189 Å². The van der Waals surface area contributed by atoms with Crippen LogP contribution in [0.2, 0.25) is 0 Å². The first kappa shape index (κ1) is 23.8. The maximum atomic E-state index is 11.5. The SMILES string of the molecule is O=CC[C@H](OCc1ccccc1)[C@@H](OCc1ccccc1)[C@@H](CO)OCc1ccccc1. The third kappa shape index (κ3) is 7.70. The molecular weight excluding hydrogens is 404 g/mol. The number of carbonyl (C=O) groups excluding carboxylic acids is 1. The van der Waals surface area contributed by atoms with Crippen molar-refractivity contribution in [1.82, 2.24) is 0 Å². The van der Waals surface area contributed by atoms with E-state index in [1.54, 1.807) is 0 Å². The number of hydrogen-bond acceptors (Lipinski definition) is 5. The lowest BCUT2D eigenvalue weighted by Crippen LogP contribution is -2.44. The molecule has 0 unspecified atom stereocenters. The molecule has 3 aromatic rings. The van der Waals surface area contributed by atoms with Gasteiger partial charge in [-0.2, -0.15) is 0 Å². The second-order valence-electron chi connectivity index (χ2n) is 7.52. The van der Waals surface area contributed by atoms with Crippen LogP contribution in [-0.4, -0.2) is 36.3 Å². The van der Waals surface area contributed by atoms with Crippen molar-refractivity contribution in [3.63, 3.8) is 0 Å². The lowest BCUT2D eigenvalue weighted by Gasteiger charge is -2.32. The molecule has 0 fully saturated rings. The van der Waals surface area contributed by atoms with Crippen LogP contribution in [0.3, 0.4) is 0 Å². The van der Waals surface area contributed by atoms with Crippen LogP contribution in [0.5, 0.6) is 0 Å². The number of hydrogen-bond donors (Lipinski definition) is 1. The third-order valence-corrected chi connectivity index (χ3v) is 5.14. The van der Waals surface area contributed by atoms with Gasteiger partial charge in [-0.1, -0.05) is 91.0 Å². The van der Waals surface area contributed by atoms with Crippen molar-refractivity contribution in [2.24, 2.45) is 0 Å². The zero-order valence-electron chi connectivity index (χ0n) is 18.1. The fraction of sp³-hybridized carbons (Fsp3) is 0.296. The van der Waals surface area contributed by atoms with Gasteiger partial charge in [0, 0.05) is 6.42 Å². The first-order valence-corrected chi connectivity index (χ1v) is 10.8. The molecule has 0 heterocycles. The summed E-state index contributed by atoms with van der Waals surface area (Å²) in [6.07, 6.45) is -0.890. The molecule has 1 N–H and O–H groups in total. The zero-order chi connectivity index (χ0) is 22.4. The molecule has 5 heteroatoms. The lowest BCUT2D eigenvalue weighted by atomic mass is 10.0. The summed E-state index contributed by atoms with van der Waals surface area (Å²) < 4.78 is 18.3. The second-order valence-corrected chi connectivity index (χ2v) is 7.52. The minimum absolute atomic E-state index is 0.136. The van der Waals surface area contributed by atoms with E-state index in [-0.39, 0.29) is 13.0 Å². The number of rotatable bonds is 14. The van der Waals surface area contributed by atoms with E-state index in [4.69, 9.17) is 14.2 Å². The van der Waals surface area contributed by atoms with E-state index < -0.39 is 18.3 Å². The van der Waals surface area contributed by atoms with Crippen molar-refractivity contribution in [2.45, 2.75) is 44.6 Å². The van der Waals surface area contributed by atoms with Gasteiger partial charge in [-0.25, -0.2) is 0 Å². The fourth-order valence-corrected chi connectivity index (χ4v) is 3.42. The molecule has 32 heavy (non-hydrogen) atoms. The van der Waals surface area contributed by atoms with Crippen LogP contribution in [0.1, 0.15) is 23.1 Å². The summed E-state index contributed by atoms with van der Waals surface area (Å²) in [4.78, 5) is 11.5. The molecule has 3 rings (SSSR count). The molecule has 0 saturated carbocycles. The highest BCUT2D eigenvalue weighted by atomic mass is 16.6. The molecule has 168 valence electrons. The number of aldehydes is 1. The van der Waals surface area contributed by atoms with Gasteiger partial charge in [0.25, 0.3) is 0 Å².